The van der Waals surface area contributed by atoms with E-state index >= 15 is 0 Å². The first-order chi connectivity index (χ1) is 10.8. The summed E-state index contributed by atoms with van der Waals surface area (Å²) in [7, 11) is 0. The molecule has 122 valence electrons. The highest BCUT2D eigenvalue weighted by molar-refractivity contribution is 7.80. The van der Waals surface area contributed by atoms with Gasteiger partial charge in [-0.1, -0.05) is 25.3 Å². The van der Waals surface area contributed by atoms with Gasteiger partial charge in [0, 0.05) is 18.3 Å². The Kier molecular flexibility index (Phi) is 3.39. The standard InChI is InChI=1S/C17H22N4S2/c1-16(2)7-12-8-17(3,9-16)10-21(12)15(22)18-11-4-5-14-13(6-11)19-20-23-14/h4-6,12H,7-10H2,1-3H3,(H,18,22)/t12-,17+/m0/s1. The predicted octanol–water partition coefficient (Wildman–Crippen LogP) is 4.29. The highest BCUT2D eigenvalue weighted by Gasteiger charge is 2.50. The Morgan fingerprint density at radius 2 is 2.17 bits per heavy atom. The van der Waals surface area contributed by atoms with Crippen molar-refractivity contribution in [3.63, 3.8) is 0 Å². The fourth-order valence-corrected chi connectivity index (χ4v) is 5.62. The molecule has 0 amide bonds. The fourth-order valence-electron chi connectivity index (χ4n) is 4.75. The Morgan fingerprint density at radius 1 is 1.35 bits per heavy atom. The van der Waals surface area contributed by atoms with Gasteiger partial charge in [-0.2, -0.15) is 0 Å². The van der Waals surface area contributed by atoms with Crippen LogP contribution in [0.15, 0.2) is 18.2 Å². The lowest BCUT2D eigenvalue weighted by molar-refractivity contribution is 0.132. The van der Waals surface area contributed by atoms with Crippen LogP contribution in [-0.4, -0.2) is 32.2 Å². The molecule has 6 heteroatoms. The smallest absolute Gasteiger partial charge is 0.173 e. The molecule has 2 aliphatic rings. The van der Waals surface area contributed by atoms with Crippen molar-refractivity contribution < 1.29 is 0 Å². The molecule has 4 nitrogen and oxygen atoms in total. The van der Waals surface area contributed by atoms with E-state index in [0.717, 1.165) is 27.6 Å². The van der Waals surface area contributed by atoms with Crippen molar-refractivity contribution in [3.05, 3.63) is 18.2 Å². The van der Waals surface area contributed by atoms with E-state index in [4.69, 9.17) is 12.2 Å². The summed E-state index contributed by atoms with van der Waals surface area (Å²) in [6.07, 6.45) is 3.76. The van der Waals surface area contributed by atoms with Crippen LogP contribution >= 0.6 is 23.8 Å². The highest BCUT2D eigenvalue weighted by atomic mass is 32.1. The minimum absolute atomic E-state index is 0.390. The molecule has 1 saturated heterocycles. The molecule has 2 atom stereocenters. The summed E-state index contributed by atoms with van der Waals surface area (Å²) < 4.78 is 5.09. The number of nitrogens with one attached hydrogen (secondary N) is 1. The molecule has 1 N–H and O–H groups in total. The van der Waals surface area contributed by atoms with Crippen molar-refractivity contribution in [1.29, 1.82) is 0 Å². The summed E-state index contributed by atoms with van der Waals surface area (Å²) in [6, 6.07) is 6.70. The maximum Gasteiger partial charge on any atom is 0.173 e. The lowest BCUT2D eigenvalue weighted by Gasteiger charge is -2.39. The van der Waals surface area contributed by atoms with Crippen molar-refractivity contribution in [1.82, 2.24) is 14.5 Å². The Bertz CT molecular complexity index is 769. The molecule has 2 bridgehead atoms. The number of nitrogens with zero attached hydrogens (tertiary/aromatic N) is 3. The topological polar surface area (TPSA) is 41.0 Å². The van der Waals surface area contributed by atoms with E-state index in [-0.39, 0.29) is 0 Å². The Hall–Kier alpha value is -1.27. The van der Waals surface area contributed by atoms with Crippen LogP contribution in [0.1, 0.15) is 40.0 Å². The molecular weight excluding hydrogens is 324 g/mol. The molecule has 0 radical (unpaired) electrons. The summed E-state index contributed by atoms with van der Waals surface area (Å²) in [4.78, 5) is 2.41. The highest BCUT2D eigenvalue weighted by Crippen LogP contribution is 2.52. The van der Waals surface area contributed by atoms with Gasteiger partial charge in [-0.05, 0) is 72.0 Å². The van der Waals surface area contributed by atoms with Crippen LogP contribution in [-0.2, 0) is 0 Å². The molecule has 2 aromatic rings. The molecule has 1 aromatic carbocycles. The van der Waals surface area contributed by atoms with Gasteiger partial charge >= 0.3 is 0 Å². The Balaban J connectivity index is 1.53. The summed E-state index contributed by atoms with van der Waals surface area (Å²) >= 11 is 7.15. The van der Waals surface area contributed by atoms with Crippen LogP contribution in [0.5, 0.6) is 0 Å². The van der Waals surface area contributed by atoms with Gasteiger partial charge in [-0.3, -0.25) is 0 Å². The molecule has 1 aliphatic heterocycles. The van der Waals surface area contributed by atoms with E-state index in [1.807, 2.05) is 6.07 Å². The monoisotopic (exact) mass is 346 g/mol. The average Bonchev–Trinajstić information content (AvgIpc) is 2.99. The quantitative estimate of drug-likeness (QED) is 0.780. The number of benzene rings is 1. The van der Waals surface area contributed by atoms with Gasteiger partial charge in [-0.25, -0.2) is 0 Å². The lowest BCUT2D eigenvalue weighted by atomic mass is 9.65. The van der Waals surface area contributed by atoms with Crippen LogP contribution < -0.4 is 5.32 Å². The third kappa shape index (κ3) is 2.83. The van der Waals surface area contributed by atoms with Gasteiger partial charge in [0.25, 0.3) is 0 Å². The summed E-state index contributed by atoms with van der Waals surface area (Å²) in [5, 5.41) is 8.40. The maximum absolute atomic E-state index is 5.73. The van der Waals surface area contributed by atoms with Gasteiger partial charge in [0.1, 0.15) is 5.52 Å². The van der Waals surface area contributed by atoms with E-state index in [1.54, 1.807) is 0 Å². The Labute approximate surface area is 146 Å². The Morgan fingerprint density at radius 3 is 3.00 bits per heavy atom. The first-order valence-electron chi connectivity index (χ1n) is 8.13. The zero-order chi connectivity index (χ0) is 16.2. The first kappa shape index (κ1) is 15.3. The van der Waals surface area contributed by atoms with Gasteiger partial charge in [-0.15, -0.1) is 5.10 Å². The first-order valence-corrected chi connectivity index (χ1v) is 9.32. The molecule has 2 heterocycles. The van der Waals surface area contributed by atoms with Gasteiger partial charge in [0.2, 0.25) is 0 Å². The molecule has 2 fully saturated rings. The van der Waals surface area contributed by atoms with Crippen LogP contribution in [0.3, 0.4) is 0 Å². The minimum Gasteiger partial charge on any atom is -0.345 e. The normalized spacial score (nSPS) is 29.0. The summed E-state index contributed by atoms with van der Waals surface area (Å²) in [6.45, 7) is 8.26. The van der Waals surface area contributed by atoms with Gasteiger partial charge < -0.3 is 10.2 Å². The summed E-state index contributed by atoms with van der Waals surface area (Å²) in [5.41, 5.74) is 2.73. The molecule has 23 heavy (non-hydrogen) atoms. The van der Waals surface area contributed by atoms with Gasteiger partial charge in [0.15, 0.2) is 5.11 Å². The second-order valence-electron chi connectivity index (χ2n) is 8.23. The third-order valence-electron chi connectivity index (χ3n) is 5.17. The van der Waals surface area contributed by atoms with E-state index < -0.39 is 0 Å². The number of likely N-dealkylation sites (tertiary alicyclic amines) is 1. The van der Waals surface area contributed by atoms with E-state index in [1.165, 1.54) is 30.8 Å². The second kappa shape index (κ2) is 5.11. The van der Waals surface area contributed by atoms with Gasteiger partial charge in [0.05, 0.1) is 4.70 Å². The SMILES string of the molecule is CC1(C)C[C@H]2C[C@@](C)(CN2C(=S)Nc2ccc3snnc3c2)C1. The number of hydrogen-bond acceptors (Lipinski definition) is 4. The van der Waals surface area contributed by atoms with Crippen molar-refractivity contribution in [2.75, 3.05) is 11.9 Å². The number of aromatic nitrogens is 2. The van der Waals surface area contributed by atoms with E-state index in [0.29, 0.717) is 16.9 Å². The zero-order valence-electron chi connectivity index (χ0n) is 13.8. The zero-order valence-corrected chi connectivity index (χ0v) is 15.4. The van der Waals surface area contributed by atoms with E-state index in [9.17, 15) is 0 Å². The third-order valence-corrected chi connectivity index (χ3v) is 6.22. The van der Waals surface area contributed by atoms with Crippen molar-refractivity contribution in [2.45, 2.75) is 46.1 Å². The molecule has 0 unspecified atom stereocenters. The van der Waals surface area contributed by atoms with Crippen LogP contribution in [0, 0.1) is 10.8 Å². The average molecular weight is 347 g/mol. The molecule has 4 rings (SSSR count). The number of hydrogen-bond donors (Lipinski definition) is 1. The molecule has 1 aromatic heterocycles. The van der Waals surface area contributed by atoms with Crippen LogP contribution in [0.2, 0.25) is 0 Å². The van der Waals surface area contributed by atoms with Crippen molar-refractivity contribution >= 4 is 44.8 Å². The minimum atomic E-state index is 0.390. The fraction of sp³-hybridized carbons (Fsp3) is 0.588. The van der Waals surface area contributed by atoms with Crippen molar-refractivity contribution in [2.24, 2.45) is 10.8 Å². The number of anilines is 1. The van der Waals surface area contributed by atoms with E-state index in [2.05, 4.69) is 52.7 Å². The van der Waals surface area contributed by atoms with Crippen molar-refractivity contribution in [3.8, 4) is 0 Å². The molecular formula is C17H22N4S2. The van der Waals surface area contributed by atoms with Crippen LogP contribution in [0.4, 0.5) is 5.69 Å². The lowest BCUT2D eigenvalue weighted by Crippen LogP contribution is -2.39. The number of fused-ring (bicyclic) bond motifs is 3. The molecule has 1 saturated carbocycles. The summed E-state index contributed by atoms with van der Waals surface area (Å²) in [5.74, 6) is 0. The van der Waals surface area contributed by atoms with Crippen LogP contribution in [0.25, 0.3) is 10.2 Å². The largest absolute Gasteiger partial charge is 0.345 e. The molecule has 1 aliphatic carbocycles. The second-order valence-corrected chi connectivity index (χ2v) is 9.40. The number of thiocarbonyl (C=S) groups is 1. The maximum atomic E-state index is 5.73. The molecule has 0 spiro atoms. The number of rotatable bonds is 1. The predicted molar refractivity (Wildman–Crippen MR) is 99.9 cm³/mol.